The summed E-state index contributed by atoms with van der Waals surface area (Å²) in [7, 11) is 0. The number of hydrogen-bond donors (Lipinski definition) is 2. The molecule has 88 valence electrons. The van der Waals surface area contributed by atoms with Crippen molar-refractivity contribution in [2.75, 3.05) is 11.1 Å². The molecule has 0 aliphatic heterocycles. The number of halogens is 2. The van der Waals surface area contributed by atoms with Crippen molar-refractivity contribution in [3.05, 3.63) is 32.8 Å². The molecule has 0 saturated heterocycles. The van der Waals surface area contributed by atoms with Crippen molar-refractivity contribution in [1.82, 2.24) is 9.97 Å². The fourth-order valence-corrected chi connectivity index (χ4v) is 2.45. The first-order chi connectivity index (χ1) is 8.04. The summed E-state index contributed by atoms with van der Waals surface area (Å²) in [5, 5.41) is 3.30. The molecule has 0 spiro atoms. The Bertz CT molecular complexity index is 554. The van der Waals surface area contributed by atoms with Gasteiger partial charge in [0.15, 0.2) is 5.13 Å². The molecule has 0 bridgehead atoms. The largest absolute Gasteiger partial charge is 0.384 e. The lowest BCUT2D eigenvalue weighted by Crippen LogP contribution is -2.12. The summed E-state index contributed by atoms with van der Waals surface area (Å²) in [6.07, 6.45) is 1.61. The predicted molar refractivity (Wildman–Crippen MR) is 71.4 cm³/mol. The van der Waals surface area contributed by atoms with Crippen LogP contribution in [-0.4, -0.2) is 15.9 Å². The number of pyridine rings is 1. The number of carbonyl (C=O) groups is 1. The molecule has 2 heterocycles. The lowest BCUT2D eigenvalue weighted by molar-refractivity contribution is 0.102. The van der Waals surface area contributed by atoms with Gasteiger partial charge in [-0.3, -0.25) is 10.1 Å². The van der Waals surface area contributed by atoms with Crippen LogP contribution in [0.1, 0.15) is 10.4 Å². The monoisotopic (exact) mass is 332 g/mol. The van der Waals surface area contributed by atoms with Crippen LogP contribution < -0.4 is 11.1 Å². The molecule has 0 saturated carbocycles. The van der Waals surface area contributed by atoms with E-state index in [1.165, 1.54) is 23.5 Å². The molecule has 0 atom stereocenters. The first kappa shape index (κ1) is 12.3. The topological polar surface area (TPSA) is 80.9 Å². The van der Waals surface area contributed by atoms with Crippen LogP contribution >= 0.6 is 38.9 Å². The standard InChI is InChI=1S/C9H6BrClN4OS/c10-5-3-13-9(17-5)15-8(16)4-1-6(11)14-7(12)2-4/h1-3H,(H2,12,14)(H,13,15,16). The van der Waals surface area contributed by atoms with E-state index < -0.39 is 0 Å². The summed E-state index contributed by atoms with van der Waals surface area (Å²) in [5.74, 6) is -0.134. The number of carbonyl (C=O) groups excluding carboxylic acids is 1. The minimum absolute atomic E-state index is 0.176. The molecule has 0 fully saturated rings. The van der Waals surface area contributed by atoms with Crippen LogP contribution in [0, 0.1) is 0 Å². The maximum atomic E-state index is 11.8. The van der Waals surface area contributed by atoms with Crippen LogP contribution in [0.2, 0.25) is 5.15 Å². The normalized spacial score (nSPS) is 10.2. The zero-order valence-electron chi connectivity index (χ0n) is 8.28. The maximum Gasteiger partial charge on any atom is 0.257 e. The summed E-state index contributed by atoms with van der Waals surface area (Å²) in [6, 6.07) is 2.89. The second kappa shape index (κ2) is 4.99. The molecule has 2 rings (SSSR count). The van der Waals surface area contributed by atoms with Crippen LogP contribution in [0.4, 0.5) is 10.9 Å². The van der Waals surface area contributed by atoms with Gasteiger partial charge >= 0.3 is 0 Å². The Hall–Kier alpha value is -1.18. The first-order valence-electron chi connectivity index (χ1n) is 4.40. The van der Waals surface area contributed by atoms with Gasteiger partial charge in [-0.25, -0.2) is 9.97 Å². The van der Waals surface area contributed by atoms with Gasteiger partial charge in [0, 0.05) is 5.56 Å². The number of amides is 1. The minimum atomic E-state index is -0.331. The first-order valence-corrected chi connectivity index (χ1v) is 6.39. The third-order valence-corrected chi connectivity index (χ3v) is 3.36. The van der Waals surface area contributed by atoms with Crippen molar-refractivity contribution in [3.8, 4) is 0 Å². The van der Waals surface area contributed by atoms with Crippen molar-refractivity contribution >= 4 is 55.7 Å². The minimum Gasteiger partial charge on any atom is -0.384 e. The molecule has 2 aromatic rings. The van der Waals surface area contributed by atoms with Gasteiger partial charge in [0.1, 0.15) is 11.0 Å². The number of aromatic nitrogens is 2. The molecular formula is C9H6BrClN4OS. The molecule has 1 amide bonds. The molecule has 5 nitrogen and oxygen atoms in total. The highest BCUT2D eigenvalue weighted by Crippen LogP contribution is 2.23. The zero-order chi connectivity index (χ0) is 12.4. The van der Waals surface area contributed by atoms with Gasteiger partial charge in [0.05, 0.1) is 9.98 Å². The molecular weight excluding hydrogens is 328 g/mol. The van der Waals surface area contributed by atoms with Gasteiger partial charge in [-0.05, 0) is 28.1 Å². The fraction of sp³-hybridized carbons (Fsp3) is 0. The molecule has 0 aliphatic rings. The number of nitrogens with two attached hydrogens (primary N) is 1. The second-order valence-electron chi connectivity index (χ2n) is 3.03. The average Bonchev–Trinajstić information content (AvgIpc) is 2.62. The Kier molecular flexibility index (Phi) is 3.60. The van der Waals surface area contributed by atoms with E-state index in [0.29, 0.717) is 10.7 Å². The number of hydrogen-bond acceptors (Lipinski definition) is 5. The lowest BCUT2D eigenvalue weighted by Gasteiger charge is -2.02. The van der Waals surface area contributed by atoms with Crippen molar-refractivity contribution in [3.63, 3.8) is 0 Å². The SMILES string of the molecule is Nc1cc(C(=O)Nc2ncc(Br)s2)cc(Cl)n1. The Morgan fingerprint density at radius 2 is 2.29 bits per heavy atom. The molecule has 3 N–H and O–H groups in total. The molecule has 17 heavy (non-hydrogen) atoms. The highest BCUT2D eigenvalue weighted by Gasteiger charge is 2.10. The summed E-state index contributed by atoms with van der Waals surface area (Å²) < 4.78 is 0.833. The Morgan fingerprint density at radius 1 is 1.53 bits per heavy atom. The van der Waals surface area contributed by atoms with Crippen LogP contribution in [0.25, 0.3) is 0 Å². The van der Waals surface area contributed by atoms with Gasteiger partial charge < -0.3 is 5.73 Å². The lowest BCUT2D eigenvalue weighted by atomic mass is 10.2. The fourth-order valence-electron chi connectivity index (χ4n) is 1.13. The van der Waals surface area contributed by atoms with E-state index >= 15 is 0 Å². The average molecular weight is 334 g/mol. The van der Waals surface area contributed by atoms with Gasteiger partial charge in [-0.2, -0.15) is 0 Å². The molecule has 0 aliphatic carbocycles. The van der Waals surface area contributed by atoms with Crippen molar-refractivity contribution in [2.45, 2.75) is 0 Å². The Labute approximate surface area is 114 Å². The number of anilines is 2. The Balaban J connectivity index is 2.19. The van der Waals surface area contributed by atoms with Crippen LogP contribution in [0.5, 0.6) is 0 Å². The third kappa shape index (κ3) is 3.15. The van der Waals surface area contributed by atoms with Crippen LogP contribution in [0.15, 0.2) is 22.1 Å². The zero-order valence-corrected chi connectivity index (χ0v) is 11.4. The highest BCUT2D eigenvalue weighted by atomic mass is 79.9. The second-order valence-corrected chi connectivity index (χ2v) is 5.82. The van der Waals surface area contributed by atoms with Gasteiger partial charge in [0.25, 0.3) is 5.91 Å². The van der Waals surface area contributed by atoms with E-state index in [1.807, 2.05) is 0 Å². The third-order valence-electron chi connectivity index (χ3n) is 1.77. The summed E-state index contributed by atoms with van der Waals surface area (Å²) in [6.45, 7) is 0. The summed E-state index contributed by atoms with van der Waals surface area (Å²) in [5.41, 5.74) is 5.84. The van der Waals surface area contributed by atoms with E-state index in [2.05, 4.69) is 31.2 Å². The number of thiazole rings is 1. The molecule has 8 heteroatoms. The molecule has 0 aromatic carbocycles. The number of rotatable bonds is 2. The van der Waals surface area contributed by atoms with Crippen molar-refractivity contribution in [2.24, 2.45) is 0 Å². The smallest absolute Gasteiger partial charge is 0.257 e. The number of nitrogens with one attached hydrogen (secondary N) is 1. The van der Waals surface area contributed by atoms with Gasteiger partial charge in [0.2, 0.25) is 0 Å². The summed E-state index contributed by atoms with van der Waals surface area (Å²) in [4.78, 5) is 19.6. The van der Waals surface area contributed by atoms with Crippen LogP contribution in [0.3, 0.4) is 0 Å². The van der Waals surface area contributed by atoms with E-state index in [4.69, 9.17) is 17.3 Å². The molecule has 0 unspecified atom stereocenters. The van der Waals surface area contributed by atoms with Gasteiger partial charge in [-0.1, -0.05) is 22.9 Å². The van der Waals surface area contributed by atoms with E-state index in [1.54, 1.807) is 6.20 Å². The predicted octanol–water partition coefficient (Wildman–Crippen LogP) is 2.79. The number of nitrogens with zero attached hydrogens (tertiary/aromatic N) is 2. The quantitative estimate of drug-likeness (QED) is 0.828. The van der Waals surface area contributed by atoms with E-state index in [-0.39, 0.29) is 16.9 Å². The van der Waals surface area contributed by atoms with Crippen molar-refractivity contribution in [1.29, 1.82) is 0 Å². The molecule has 0 radical (unpaired) electrons. The van der Waals surface area contributed by atoms with Gasteiger partial charge in [-0.15, -0.1) is 0 Å². The van der Waals surface area contributed by atoms with Crippen molar-refractivity contribution < 1.29 is 4.79 Å². The summed E-state index contributed by atoms with van der Waals surface area (Å²) >= 11 is 10.3. The van der Waals surface area contributed by atoms with Crippen LogP contribution in [-0.2, 0) is 0 Å². The molecule has 2 aromatic heterocycles. The Morgan fingerprint density at radius 3 is 2.88 bits per heavy atom. The number of nitrogen functional groups attached to an aromatic ring is 1. The van der Waals surface area contributed by atoms with E-state index in [0.717, 1.165) is 3.79 Å². The maximum absolute atomic E-state index is 11.8. The van der Waals surface area contributed by atoms with E-state index in [9.17, 15) is 4.79 Å². The highest BCUT2D eigenvalue weighted by molar-refractivity contribution is 9.11.